The second-order valence-corrected chi connectivity index (χ2v) is 4.37. The first-order chi connectivity index (χ1) is 8.45. The summed E-state index contributed by atoms with van der Waals surface area (Å²) in [5, 5.41) is 8.64. The topological polar surface area (TPSA) is 66.0 Å². The second kappa shape index (κ2) is 4.72. The number of hydrogen-bond donors (Lipinski definition) is 2. The summed E-state index contributed by atoms with van der Waals surface area (Å²) < 4.78 is 26.4. The van der Waals surface area contributed by atoms with Crippen molar-refractivity contribution in [2.24, 2.45) is 5.92 Å². The van der Waals surface area contributed by atoms with E-state index >= 15 is 0 Å². The molecule has 0 bridgehead atoms. The van der Waals surface area contributed by atoms with Crippen LogP contribution in [0.5, 0.6) is 0 Å². The molecule has 0 aliphatic carbocycles. The van der Waals surface area contributed by atoms with Gasteiger partial charge in [0, 0.05) is 18.9 Å². The Balaban J connectivity index is 2.25. The fourth-order valence-corrected chi connectivity index (χ4v) is 1.89. The van der Waals surface area contributed by atoms with E-state index in [1.54, 1.807) is 6.92 Å². The molecule has 96 valence electrons. The van der Waals surface area contributed by atoms with Gasteiger partial charge in [0.05, 0.1) is 5.52 Å². The Morgan fingerprint density at radius 2 is 2.22 bits per heavy atom. The summed E-state index contributed by atoms with van der Waals surface area (Å²) >= 11 is 0. The molecule has 0 fully saturated rings. The lowest BCUT2D eigenvalue weighted by Gasteiger charge is -2.04. The van der Waals surface area contributed by atoms with Crippen LogP contribution in [0, 0.1) is 17.6 Å². The lowest BCUT2D eigenvalue weighted by Crippen LogP contribution is -2.07. The average molecular weight is 254 g/mol. The van der Waals surface area contributed by atoms with E-state index in [0.29, 0.717) is 12.2 Å². The highest BCUT2D eigenvalue weighted by Crippen LogP contribution is 2.19. The maximum Gasteiger partial charge on any atom is 0.303 e. The van der Waals surface area contributed by atoms with Crippen molar-refractivity contribution in [3.8, 4) is 0 Å². The molecule has 4 nitrogen and oxygen atoms in total. The van der Waals surface area contributed by atoms with E-state index < -0.39 is 17.6 Å². The minimum Gasteiger partial charge on any atom is -0.481 e. The van der Waals surface area contributed by atoms with Crippen molar-refractivity contribution >= 4 is 17.0 Å². The number of halogens is 2. The summed E-state index contributed by atoms with van der Waals surface area (Å²) in [5.41, 5.74) is 0.360. The van der Waals surface area contributed by atoms with E-state index in [1.807, 2.05) is 0 Å². The van der Waals surface area contributed by atoms with Crippen LogP contribution in [0.25, 0.3) is 11.0 Å². The first-order valence-electron chi connectivity index (χ1n) is 5.51. The molecular weight excluding hydrogens is 242 g/mol. The zero-order chi connectivity index (χ0) is 13.3. The molecule has 1 unspecified atom stereocenters. The minimum atomic E-state index is -0.893. The molecule has 0 spiro atoms. The van der Waals surface area contributed by atoms with E-state index in [1.165, 1.54) is 0 Å². The summed E-state index contributed by atoms with van der Waals surface area (Å²) in [6.45, 7) is 1.76. The van der Waals surface area contributed by atoms with Crippen LogP contribution in [-0.4, -0.2) is 21.0 Å². The Kier molecular flexibility index (Phi) is 3.27. The van der Waals surface area contributed by atoms with Gasteiger partial charge in [-0.15, -0.1) is 0 Å². The third-order valence-corrected chi connectivity index (χ3v) is 2.62. The first kappa shape index (κ1) is 12.5. The third-order valence-electron chi connectivity index (χ3n) is 2.62. The number of aromatic amines is 1. The van der Waals surface area contributed by atoms with Crippen LogP contribution < -0.4 is 0 Å². The largest absolute Gasteiger partial charge is 0.481 e. The van der Waals surface area contributed by atoms with E-state index in [2.05, 4.69) is 9.97 Å². The van der Waals surface area contributed by atoms with Gasteiger partial charge in [0.25, 0.3) is 0 Å². The fraction of sp³-hybridized carbons (Fsp3) is 0.333. The number of H-pyrrole nitrogens is 1. The van der Waals surface area contributed by atoms with E-state index in [4.69, 9.17) is 5.11 Å². The van der Waals surface area contributed by atoms with Crippen LogP contribution in [0.15, 0.2) is 12.1 Å². The number of carbonyl (C=O) groups is 1. The first-order valence-corrected chi connectivity index (χ1v) is 5.51. The van der Waals surface area contributed by atoms with E-state index in [9.17, 15) is 13.6 Å². The molecule has 0 aliphatic heterocycles. The molecule has 2 rings (SSSR count). The molecule has 0 radical (unpaired) electrons. The minimum absolute atomic E-state index is 0.00783. The summed E-state index contributed by atoms with van der Waals surface area (Å²) in [6, 6.07) is 1.93. The Morgan fingerprint density at radius 1 is 1.50 bits per heavy atom. The van der Waals surface area contributed by atoms with Crippen molar-refractivity contribution in [3.63, 3.8) is 0 Å². The van der Waals surface area contributed by atoms with Crippen molar-refractivity contribution in [2.75, 3.05) is 0 Å². The molecule has 2 N–H and O–H groups in total. The third kappa shape index (κ3) is 2.64. The second-order valence-electron chi connectivity index (χ2n) is 4.37. The van der Waals surface area contributed by atoms with Gasteiger partial charge in [0.1, 0.15) is 17.2 Å². The van der Waals surface area contributed by atoms with Crippen molar-refractivity contribution in [2.45, 2.75) is 19.8 Å². The van der Waals surface area contributed by atoms with Crippen LogP contribution >= 0.6 is 0 Å². The average Bonchev–Trinajstić information content (AvgIpc) is 2.58. The zero-order valence-corrected chi connectivity index (χ0v) is 9.70. The number of aliphatic carboxylic acids is 1. The molecule has 1 aromatic carbocycles. The number of nitrogens with zero attached hydrogens (tertiary/aromatic N) is 1. The summed E-state index contributed by atoms with van der Waals surface area (Å²) in [4.78, 5) is 17.3. The van der Waals surface area contributed by atoms with Gasteiger partial charge in [-0.05, 0) is 12.0 Å². The van der Waals surface area contributed by atoms with Gasteiger partial charge in [-0.3, -0.25) is 4.79 Å². The van der Waals surface area contributed by atoms with Gasteiger partial charge in [-0.25, -0.2) is 13.8 Å². The predicted octanol–water partition coefficient (Wildman–Crippen LogP) is 2.49. The molecule has 1 atom stereocenters. The van der Waals surface area contributed by atoms with Gasteiger partial charge in [0.2, 0.25) is 0 Å². The number of benzene rings is 1. The van der Waals surface area contributed by atoms with Gasteiger partial charge in [-0.2, -0.15) is 0 Å². The highest BCUT2D eigenvalue weighted by atomic mass is 19.1. The fourth-order valence-electron chi connectivity index (χ4n) is 1.89. The maximum atomic E-state index is 13.4. The highest BCUT2D eigenvalue weighted by Gasteiger charge is 2.13. The van der Waals surface area contributed by atoms with Crippen molar-refractivity contribution in [1.82, 2.24) is 9.97 Å². The van der Waals surface area contributed by atoms with Gasteiger partial charge in [-0.1, -0.05) is 6.92 Å². The smallest absolute Gasteiger partial charge is 0.303 e. The molecule has 0 amide bonds. The Bertz CT molecular complexity index is 595. The lowest BCUT2D eigenvalue weighted by molar-refractivity contribution is -0.137. The molecule has 0 aliphatic rings. The molecular formula is C12H12F2N2O2. The summed E-state index contributed by atoms with van der Waals surface area (Å²) in [7, 11) is 0. The van der Waals surface area contributed by atoms with E-state index in [-0.39, 0.29) is 23.4 Å². The van der Waals surface area contributed by atoms with Crippen LogP contribution in [0.3, 0.4) is 0 Å². The van der Waals surface area contributed by atoms with Crippen LogP contribution in [0.2, 0.25) is 0 Å². The monoisotopic (exact) mass is 254 g/mol. The Morgan fingerprint density at radius 3 is 2.89 bits per heavy atom. The summed E-state index contributed by atoms with van der Waals surface area (Å²) in [5.74, 6) is -1.96. The van der Waals surface area contributed by atoms with Crippen molar-refractivity contribution in [3.05, 3.63) is 29.6 Å². The molecule has 0 saturated carbocycles. The number of nitrogens with one attached hydrogen (secondary N) is 1. The van der Waals surface area contributed by atoms with Gasteiger partial charge >= 0.3 is 5.97 Å². The quantitative estimate of drug-likeness (QED) is 0.880. The Labute approximate surface area is 102 Å². The molecule has 2 aromatic rings. The summed E-state index contributed by atoms with van der Waals surface area (Å²) in [6.07, 6.45) is 0.385. The number of aromatic nitrogens is 2. The van der Waals surface area contributed by atoms with Gasteiger partial charge in [0.15, 0.2) is 5.82 Å². The molecule has 0 saturated heterocycles. The predicted molar refractivity (Wildman–Crippen MR) is 61.1 cm³/mol. The maximum absolute atomic E-state index is 13.4. The number of rotatable bonds is 4. The van der Waals surface area contributed by atoms with Crippen LogP contribution in [-0.2, 0) is 11.2 Å². The number of fused-ring (bicyclic) bond motifs is 1. The highest BCUT2D eigenvalue weighted by molar-refractivity contribution is 5.75. The van der Waals surface area contributed by atoms with E-state index in [0.717, 1.165) is 12.1 Å². The van der Waals surface area contributed by atoms with Crippen LogP contribution in [0.4, 0.5) is 8.78 Å². The van der Waals surface area contributed by atoms with Crippen LogP contribution in [0.1, 0.15) is 19.2 Å². The Hall–Kier alpha value is -1.98. The molecule has 18 heavy (non-hydrogen) atoms. The molecule has 1 heterocycles. The standard InChI is InChI=1S/C12H12F2N2O2/c1-6(3-11(17)18)2-10-15-9-5-7(13)4-8(14)12(9)16-10/h4-6H,2-3H2,1H3,(H,15,16)(H,17,18). The normalized spacial score (nSPS) is 12.8. The number of carboxylic acids is 1. The SMILES string of the molecule is CC(CC(=O)O)Cc1nc2c(F)cc(F)cc2[nH]1. The van der Waals surface area contributed by atoms with Crippen molar-refractivity contribution in [1.29, 1.82) is 0 Å². The lowest BCUT2D eigenvalue weighted by atomic mass is 10.0. The molecule has 6 heteroatoms. The zero-order valence-electron chi connectivity index (χ0n) is 9.70. The number of hydrogen-bond acceptors (Lipinski definition) is 2. The number of carboxylic acid groups (broad SMARTS) is 1. The molecule has 1 aromatic heterocycles. The number of imidazole rings is 1. The van der Waals surface area contributed by atoms with Gasteiger partial charge < -0.3 is 10.1 Å². The van der Waals surface area contributed by atoms with Crippen molar-refractivity contribution < 1.29 is 18.7 Å².